The Hall–Kier alpha value is 0.150. The minimum absolute atomic E-state index is 0.477. The van der Waals surface area contributed by atoms with Gasteiger partial charge in [-0.25, -0.2) is 0 Å². The van der Waals surface area contributed by atoms with Crippen LogP contribution in [-0.4, -0.2) is 11.5 Å². The maximum Gasteiger partial charge on any atom is 0.316 e. The zero-order valence-electron chi connectivity index (χ0n) is 8.16. The van der Waals surface area contributed by atoms with Gasteiger partial charge in [0.15, 0.2) is 0 Å². The van der Waals surface area contributed by atoms with Crippen LogP contribution in [0.2, 0.25) is 0 Å². The molecule has 3 nitrogen and oxygen atoms in total. The largest absolute Gasteiger partial charge is 0.326 e. The van der Waals surface area contributed by atoms with E-state index in [1.165, 1.54) is 19.3 Å². The molecule has 0 aromatic heterocycles. The van der Waals surface area contributed by atoms with Gasteiger partial charge in [0, 0.05) is 0 Å². The standard InChI is InChI=1S/C9H19O3P/c1-2-8-3-5-9(6-4-8)7-12-13(10)11/h8-9,13H,2-7H2,1H3,(H,10,11). The molecule has 0 aromatic rings. The van der Waals surface area contributed by atoms with Crippen LogP contribution in [0.15, 0.2) is 0 Å². The predicted molar refractivity (Wildman–Crippen MR) is 52.9 cm³/mol. The first-order chi connectivity index (χ1) is 6.22. The van der Waals surface area contributed by atoms with E-state index in [9.17, 15) is 4.57 Å². The van der Waals surface area contributed by atoms with Gasteiger partial charge in [0.2, 0.25) is 0 Å². The first-order valence-electron chi connectivity index (χ1n) is 5.08. The number of hydrogen-bond donors (Lipinski definition) is 1. The Bertz CT molecular complexity index is 164. The Kier molecular flexibility index (Phi) is 5.00. The Balaban J connectivity index is 2.14. The molecule has 0 amide bonds. The maximum atomic E-state index is 10.3. The average Bonchev–Trinajstić information content (AvgIpc) is 2.15. The molecule has 1 aliphatic rings. The molecule has 0 saturated heterocycles. The highest BCUT2D eigenvalue weighted by Crippen LogP contribution is 2.32. The quantitative estimate of drug-likeness (QED) is 0.719. The molecule has 1 saturated carbocycles. The van der Waals surface area contributed by atoms with Gasteiger partial charge in [0.25, 0.3) is 0 Å². The molecule has 1 aliphatic carbocycles. The van der Waals surface area contributed by atoms with Crippen molar-refractivity contribution in [3.05, 3.63) is 0 Å². The van der Waals surface area contributed by atoms with Gasteiger partial charge in [0.05, 0.1) is 6.61 Å². The first-order valence-corrected chi connectivity index (χ1v) is 6.34. The van der Waals surface area contributed by atoms with Crippen LogP contribution in [0.3, 0.4) is 0 Å². The molecule has 4 heteroatoms. The molecule has 1 fully saturated rings. The van der Waals surface area contributed by atoms with E-state index in [4.69, 9.17) is 9.42 Å². The number of rotatable bonds is 4. The molecule has 0 bridgehead atoms. The monoisotopic (exact) mass is 206 g/mol. The smallest absolute Gasteiger partial charge is 0.316 e. The third kappa shape index (κ3) is 4.26. The maximum absolute atomic E-state index is 10.3. The van der Waals surface area contributed by atoms with Gasteiger partial charge in [-0.05, 0) is 24.7 Å². The van der Waals surface area contributed by atoms with E-state index in [0.29, 0.717) is 12.5 Å². The summed E-state index contributed by atoms with van der Waals surface area (Å²) in [4.78, 5) is 8.51. The lowest BCUT2D eigenvalue weighted by atomic mass is 9.81. The molecule has 1 N–H and O–H groups in total. The second-order valence-electron chi connectivity index (χ2n) is 3.87. The van der Waals surface area contributed by atoms with Gasteiger partial charge in [-0.2, -0.15) is 0 Å². The molecular formula is C9H19O3P. The fourth-order valence-corrected chi connectivity index (χ4v) is 2.37. The van der Waals surface area contributed by atoms with E-state index in [-0.39, 0.29) is 0 Å². The SMILES string of the molecule is CCC1CCC(CO[PH](=O)O)CC1. The Morgan fingerprint density at radius 3 is 2.31 bits per heavy atom. The fourth-order valence-electron chi connectivity index (χ4n) is 2.00. The molecule has 78 valence electrons. The van der Waals surface area contributed by atoms with E-state index in [2.05, 4.69) is 6.92 Å². The van der Waals surface area contributed by atoms with Crippen LogP contribution in [0, 0.1) is 11.8 Å². The highest BCUT2D eigenvalue weighted by molar-refractivity contribution is 7.32. The molecule has 0 spiro atoms. The fraction of sp³-hybridized carbons (Fsp3) is 1.00. The average molecular weight is 206 g/mol. The summed E-state index contributed by atoms with van der Waals surface area (Å²) in [5.74, 6) is 1.39. The molecule has 0 aromatic carbocycles. The van der Waals surface area contributed by atoms with Crippen LogP contribution in [0.1, 0.15) is 39.0 Å². The lowest BCUT2D eigenvalue weighted by molar-refractivity contribution is 0.174. The van der Waals surface area contributed by atoms with Crippen LogP contribution in [0.4, 0.5) is 0 Å². The predicted octanol–water partition coefficient (Wildman–Crippen LogP) is 2.60. The van der Waals surface area contributed by atoms with Crippen molar-refractivity contribution in [2.75, 3.05) is 6.61 Å². The van der Waals surface area contributed by atoms with E-state index in [1.54, 1.807) is 0 Å². The van der Waals surface area contributed by atoms with Gasteiger partial charge in [-0.1, -0.05) is 26.2 Å². The van der Waals surface area contributed by atoms with Crippen molar-refractivity contribution in [2.45, 2.75) is 39.0 Å². The van der Waals surface area contributed by atoms with Crippen LogP contribution in [0.25, 0.3) is 0 Å². The summed E-state index contributed by atoms with van der Waals surface area (Å²) in [5.41, 5.74) is 0. The third-order valence-electron chi connectivity index (χ3n) is 2.99. The summed E-state index contributed by atoms with van der Waals surface area (Å²) in [7, 11) is -2.70. The van der Waals surface area contributed by atoms with Crippen molar-refractivity contribution >= 4 is 8.25 Å². The normalized spacial score (nSPS) is 31.5. The Morgan fingerprint density at radius 1 is 1.31 bits per heavy atom. The second kappa shape index (κ2) is 5.79. The van der Waals surface area contributed by atoms with Gasteiger partial charge >= 0.3 is 8.25 Å². The molecule has 1 atom stereocenters. The van der Waals surface area contributed by atoms with Crippen LogP contribution in [-0.2, 0) is 9.09 Å². The molecular weight excluding hydrogens is 187 g/mol. The van der Waals surface area contributed by atoms with E-state index in [1.807, 2.05) is 0 Å². The molecule has 13 heavy (non-hydrogen) atoms. The van der Waals surface area contributed by atoms with Crippen molar-refractivity contribution in [1.82, 2.24) is 0 Å². The second-order valence-corrected chi connectivity index (χ2v) is 4.69. The Labute approximate surface area is 80.4 Å². The topological polar surface area (TPSA) is 46.5 Å². The zero-order chi connectivity index (χ0) is 9.68. The van der Waals surface area contributed by atoms with Gasteiger partial charge in [0.1, 0.15) is 0 Å². The van der Waals surface area contributed by atoms with Crippen molar-refractivity contribution < 1.29 is 14.0 Å². The van der Waals surface area contributed by atoms with Gasteiger partial charge in [-0.15, -0.1) is 0 Å². The summed E-state index contributed by atoms with van der Waals surface area (Å²) in [6.07, 6.45) is 6.11. The highest BCUT2D eigenvalue weighted by atomic mass is 31.1. The lowest BCUT2D eigenvalue weighted by Crippen LogP contribution is -2.17. The van der Waals surface area contributed by atoms with E-state index >= 15 is 0 Å². The molecule has 0 aliphatic heterocycles. The van der Waals surface area contributed by atoms with Crippen LogP contribution < -0.4 is 0 Å². The summed E-state index contributed by atoms with van der Waals surface area (Å²) >= 11 is 0. The number of hydrogen-bond acceptors (Lipinski definition) is 2. The molecule has 0 heterocycles. The van der Waals surface area contributed by atoms with Gasteiger partial charge < -0.3 is 9.42 Å². The van der Waals surface area contributed by atoms with E-state index < -0.39 is 8.25 Å². The summed E-state index contributed by atoms with van der Waals surface area (Å²) in [5, 5.41) is 0. The van der Waals surface area contributed by atoms with Crippen molar-refractivity contribution in [1.29, 1.82) is 0 Å². The minimum atomic E-state index is -2.70. The molecule has 0 radical (unpaired) electrons. The first kappa shape index (κ1) is 11.2. The summed E-state index contributed by atoms with van der Waals surface area (Å²) in [6.45, 7) is 2.71. The lowest BCUT2D eigenvalue weighted by Gasteiger charge is -2.27. The third-order valence-corrected chi connectivity index (χ3v) is 3.40. The molecule has 1 rings (SSSR count). The van der Waals surface area contributed by atoms with Crippen molar-refractivity contribution in [2.24, 2.45) is 11.8 Å². The van der Waals surface area contributed by atoms with Crippen molar-refractivity contribution in [3.8, 4) is 0 Å². The molecule has 1 unspecified atom stereocenters. The summed E-state index contributed by atoms with van der Waals surface area (Å²) in [6, 6.07) is 0. The van der Waals surface area contributed by atoms with Crippen molar-refractivity contribution in [3.63, 3.8) is 0 Å². The van der Waals surface area contributed by atoms with Gasteiger partial charge in [-0.3, -0.25) is 4.57 Å². The minimum Gasteiger partial charge on any atom is -0.326 e. The van der Waals surface area contributed by atoms with Crippen LogP contribution >= 0.6 is 8.25 Å². The highest BCUT2D eigenvalue weighted by Gasteiger charge is 2.20. The zero-order valence-corrected chi connectivity index (χ0v) is 9.16. The van der Waals surface area contributed by atoms with E-state index in [0.717, 1.165) is 18.8 Å². The van der Waals surface area contributed by atoms with Crippen LogP contribution in [0.5, 0.6) is 0 Å². The summed E-state index contributed by atoms with van der Waals surface area (Å²) < 4.78 is 15.1. The Morgan fingerprint density at radius 2 is 1.85 bits per heavy atom.